The molecule has 0 aliphatic heterocycles. The second kappa shape index (κ2) is 6.27. The van der Waals surface area contributed by atoms with Gasteiger partial charge in [0.05, 0.1) is 0 Å². The third kappa shape index (κ3) is 3.40. The Morgan fingerprint density at radius 3 is 2.26 bits per heavy atom. The topological polar surface area (TPSA) is 81.2 Å². The largest absolute Gasteiger partial charge is 0.383 e. The van der Waals surface area contributed by atoms with Gasteiger partial charge in [-0.25, -0.2) is 13.1 Å². The van der Waals surface area contributed by atoms with Crippen LogP contribution in [0.2, 0.25) is 0 Å². The van der Waals surface area contributed by atoms with Gasteiger partial charge in [-0.05, 0) is 20.3 Å². The standard InChI is InChI=1S/C12H24N4O2S/c1-5-8-9-16-11(13)10(19(4,17)18)12(14-16)15(6-2)7-3/h5-9,13H2,1-4H3. The zero-order chi connectivity index (χ0) is 14.6. The van der Waals surface area contributed by atoms with Crippen LogP contribution in [0.4, 0.5) is 11.6 Å². The minimum absolute atomic E-state index is 0.160. The Morgan fingerprint density at radius 1 is 1.26 bits per heavy atom. The van der Waals surface area contributed by atoms with E-state index in [-0.39, 0.29) is 10.7 Å². The van der Waals surface area contributed by atoms with Crippen molar-refractivity contribution in [1.29, 1.82) is 0 Å². The lowest BCUT2D eigenvalue weighted by atomic mass is 10.3. The van der Waals surface area contributed by atoms with E-state index in [1.165, 1.54) is 6.26 Å². The Bertz CT molecular complexity index is 518. The first-order valence-corrected chi connectivity index (χ1v) is 8.57. The summed E-state index contributed by atoms with van der Waals surface area (Å²) in [6.07, 6.45) is 3.11. The summed E-state index contributed by atoms with van der Waals surface area (Å²) in [7, 11) is -3.38. The molecule has 6 nitrogen and oxygen atoms in total. The molecular weight excluding hydrogens is 264 g/mol. The van der Waals surface area contributed by atoms with Crippen molar-refractivity contribution in [2.24, 2.45) is 0 Å². The van der Waals surface area contributed by atoms with Crippen molar-refractivity contribution in [2.45, 2.75) is 45.1 Å². The Hall–Kier alpha value is -1.24. The second-order valence-electron chi connectivity index (χ2n) is 4.56. The van der Waals surface area contributed by atoms with Crippen LogP contribution < -0.4 is 10.6 Å². The van der Waals surface area contributed by atoms with E-state index < -0.39 is 9.84 Å². The molecule has 1 aromatic rings. The van der Waals surface area contributed by atoms with Crippen molar-refractivity contribution in [1.82, 2.24) is 9.78 Å². The molecule has 0 unspecified atom stereocenters. The molecule has 0 fully saturated rings. The first-order valence-electron chi connectivity index (χ1n) is 6.68. The summed E-state index contributed by atoms with van der Waals surface area (Å²) in [5.41, 5.74) is 5.97. The lowest BCUT2D eigenvalue weighted by Gasteiger charge is -2.18. The fraction of sp³-hybridized carbons (Fsp3) is 0.750. The SMILES string of the molecule is CCCCn1nc(N(CC)CC)c(S(C)(=O)=O)c1N. The van der Waals surface area contributed by atoms with E-state index in [4.69, 9.17) is 5.73 Å². The summed E-state index contributed by atoms with van der Waals surface area (Å²) in [5, 5.41) is 4.39. The third-order valence-electron chi connectivity index (χ3n) is 3.09. The van der Waals surface area contributed by atoms with Gasteiger partial charge in [-0.3, -0.25) is 0 Å². The summed E-state index contributed by atoms with van der Waals surface area (Å²) in [6.45, 7) is 8.05. The fourth-order valence-corrected chi connectivity index (χ4v) is 3.00. The fourth-order valence-electron chi connectivity index (χ4n) is 2.01. The maximum absolute atomic E-state index is 11.9. The van der Waals surface area contributed by atoms with Gasteiger partial charge >= 0.3 is 0 Å². The monoisotopic (exact) mass is 288 g/mol. The zero-order valence-corrected chi connectivity index (χ0v) is 13.0. The highest BCUT2D eigenvalue weighted by molar-refractivity contribution is 7.91. The van der Waals surface area contributed by atoms with E-state index in [1.807, 2.05) is 18.7 Å². The van der Waals surface area contributed by atoms with Gasteiger partial charge in [0.2, 0.25) is 0 Å². The van der Waals surface area contributed by atoms with Crippen molar-refractivity contribution >= 4 is 21.5 Å². The number of unbranched alkanes of at least 4 members (excludes halogenated alkanes) is 1. The van der Waals surface area contributed by atoms with Gasteiger partial charge in [0, 0.05) is 25.9 Å². The maximum atomic E-state index is 11.9. The number of rotatable bonds is 7. The predicted octanol–water partition coefficient (Wildman–Crippen LogP) is 1.52. The quantitative estimate of drug-likeness (QED) is 0.822. The molecule has 19 heavy (non-hydrogen) atoms. The average molecular weight is 288 g/mol. The van der Waals surface area contributed by atoms with E-state index in [1.54, 1.807) is 4.68 Å². The van der Waals surface area contributed by atoms with Gasteiger partial charge in [-0.15, -0.1) is 0 Å². The zero-order valence-electron chi connectivity index (χ0n) is 12.2. The minimum atomic E-state index is -3.38. The van der Waals surface area contributed by atoms with E-state index in [2.05, 4.69) is 12.0 Å². The first kappa shape index (κ1) is 15.8. The molecule has 0 spiro atoms. The Labute approximate surface area is 115 Å². The van der Waals surface area contributed by atoms with Crippen LogP contribution in [0, 0.1) is 0 Å². The van der Waals surface area contributed by atoms with E-state index in [9.17, 15) is 8.42 Å². The highest BCUT2D eigenvalue weighted by atomic mass is 32.2. The molecule has 0 amide bonds. The highest BCUT2D eigenvalue weighted by Gasteiger charge is 2.26. The smallest absolute Gasteiger partial charge is 0.182 e. The molecule has 0 saturated carbocycles. The van der Waals surface area contributed by atoms with Crippen LogP contribution in [0.15, 0.2) is 4.90 Å². The van der Waals surface area contributed by atoms with Crippen molar-refractivity contribution in [3.05, 3.63) is 0 Å². The molecular formula is C12H24N4O2S. The van der Waals surface area contributed by atoms with Crippen molar-refractivity contribution in [3.8, 4) is 0 Å². The Kier molecular flexibility index (Phi) is 5.22. The number of nitrogens with zero attached hydrogens (tertiary/aromatic N) is 3. The third-order valence-corrected chi connectivity index (χ3v) is 4.22. The highest BCUT2D eigenvalue weighted by Crippen LogP contribution is 2.30. The van der Waals surface area contributed by atoms with Crippen LogP contribution >= 0.6 is 0 Å². The average Bonchev–Trinajstić information content (AvgIpc) is 2.65. The molecule has 7 heteroatoms. The second-order valence-corrected chi connectivity index (χ2v) is 6.51. The van der Waals surface area contributed by atoms with Gasteiger partial charge in [0.25, 0.3) is 0 Å². The van der Waals surface area contributed by atoms with Crippen LogP contribution in [0.3, 0.4) is 0 Å². The number of aryl methyl sites for hydroxylation is 1. The Balaban J connectivity index is 3.35. The number of nitrogens with two attached hydrogens (primary N) is 1. The molecule has 1 rings (SSSR count). The van der Waals surface area contributed by atoms with Gasteiger partial charge < -0.3 is 10.6 Å². The minimum Gasteiger partial charge on any atom is -0.383 e. The number of hydrogen-bond acceptors (Lipinski definition) is 5. The summed E-state index contributed by atoms with van der Waals surface area (Å²) in [5.74, 6) is 0.721. The van der Waals surface area contributed by atoms with Crippen LogP contribution in [0.1, 0.15) is 33.6 Å². The van der Waals surface area contributed by atoms with Gasteiger partial charge in [0.1, 0.15) is 5.82 Å². The number of sulfone groups is 1. The molecule has 0 saturated heterocycles. The van der Waals surface area contributed by atoms with Crippen LogP contribution in [0.25, 0.3) is 0 Å². The normalized spacial score (nSPS) is 11.8. The van der Waals surface area contributed by atoms with Gasteiger partial charge in [-0.2, -0.15) is 5.10 Å². The van der Waals surface area contributed by atoms with E-state index in [0.717, 1.165) is 12.8 Å². The number of hydrogen-bond donors (Lipinski definition) is 1. The van der Waals surface area contributed by atoms with Crippen LogP contribution in [0.5, 0.6) is 0 Å². The van der Waals surface area contributed by atoms with Crippen molar-refractivity contribution in [3.63, 3.8) is 0 Å². The number of nitrogen functional groups attached to an aromatic ring is 1. The van der Waals surface area contributed by atoms with E-state index in [0.29, 0.717) is 25.5 Å². The maximum Gasteiger partial charge on any atom is 0.182 e. The first-order chi connectivity index (χ1) is 8.86. The predicted molar refractivity (Wildman–Crippen MR) is 78.2 cm³/mol. The van der Waals surface area contributed by atoms with Crippen LogP contribution in [-0.4, -0.2) is 37.5 Å². The lowest BCUT2D eigenvalue weighted by molar-refractivity contribution is 0.576. The van der Waals surface area contributed by atoms with E-state index >= 15 is 0 Å². The Morgan fingerprint density at radius 2 is 1.84 bits per heavy atom. The van der Waals surface area contributed by atoms with Crippen LogP contribution in [-0.2, 0) is 16.4 Å². The molecule has 1 heterocycles. The van der Waals surface area contributed by atoms with Crippen molar-refractivity contribution in [2.75, 3.05) is 30.0 Å². The summed E-state index contributed by atoms with van der Waals surface area (Å²) in [4.78, 5) is 2.07. The molecule has 0 aromatic carbocycles. The molecule has 2 N–H and O–H groups in total. The summed E-state index contributed by atoms with van der Waals surface area (Å²) in [6, 6.07) is 0. The molecule has 1 aromatic heterocycles. The summed E-state index contributed by atoms with van der Waals surface area (Å²) >= 11 is 0. The molecule has 0 bridgehead atoms. The molecule has 0 aliphatic carbocycles. The lowest BCUT2D eigenvalue weighted by Crippen LogP contribution is -2.24. The molecule has 0 radical (unpaired) electrons. The molecule has 110 valence electrons. The molecule has 0 atom stereocenters. The summed E-state index contributed by atoms with van der Waals surface area (Å²) < 4.78 is 25.5. The van der Waals surface area contributed by atoms with Gasteiger partial charge in [-0.1, -0.05) is 13.3 Å². The number of aromatic nitrogens is 2. The van der Waals surface area contributed by atoms with Crippen molar-refractivity contribution < 1.29 is 8.42 Å². The van der Waals surface area contributed by atoms with Gasteiger partial charge in [0.15, 0.2) is 20.6 Å². The molecule has 0 aliphatic rings. The number of anilines is 2.